The molecule has 0 saturated heterocycles. The molecule has 0 heterocycles. The Morgan fingerprint density at radius 3 is 2.42 bits per heavy atom. The Morgan fingerprint density at radius 2 is 1.79 bits per heavy atom. The summed E-state index contributed by atoms with van der Waals surface area (Å²) in [6.07, 6.45) is 0. The van der Waals surface area contributed by atoms with Crippen LogP contribution in [0.4, 0.5) is 10.1 Å². The van der Waals surface area contributed by atoms with Gasteiger partial charge in [-0.15, -0.1) is 0 Å². The monoisotopic (exact) mass is 330 g/mol. The Hall–Kier alpha value is -2.73. The molecule has 1 unspecified atom stereocenters. The molecule has 3 N–H and O–H groups in total. The van der Waals surface area contributed by atoms with Crippen molar-refractivity contribution < 1.29 is 19.1 Å². The standard InChI is InChI=1S/C18H19FN2O3/c1-12-10-14(19)8-9-15(12)21-17(23)16(22)20-11-18(2,24)13-6-4-3-5-7-13/h3-10,24H,11H2,1-2H3,(H,20,22)(H,21,23). The summed E-state index contributed by atoms with van der Waals surface area (Å²) in [5, 5.41) is 15.2. The summed E-state index contributed by atoms with van der Waals surface area (Å²) < 4.78 is 13.0. The summed E-state index contributed by atoms with van der Waals surface area (Å²) in [4.78, 5) is 23.8. The number of amides is 2. The average Bonchev–Trinajstić information content (AvgIpc) is 2.56. The SMILES string of the molecule is Cc1cc(F)ccc1NC(=O)C(=O)NCC(C)(O)c1ccccc1. The Labute approximate surface area is 139 Å². The van der Waals surface area contributed by atoms with Gasteiger partial charge in [-0.3, -0.25) is 9.59 Å². The second-order valence-corrected chi connectivity index (χ2v) is 5.74. The third kappa shape index (κ3) is 4.39. The summed E-state index contributed by atoms with van der Waals surface area (Å²) in [5.41, 5.74) is 0.182. The van der Waals surface area contributed by atoms with Crippen molar-refractivity contribution in [1.82, 2.24) is 5.32 Å². The summed E-state index contributed by atoms with van der Waals surface area (Å²) in [6.45, 7) is 3.05. The van der Waals surface area contributed by atoms with Crippen molar-refractivity contribution >= 4 is 17.5 Å². The first kappa shape index (κ1) is 17.6. The van der Waals surface area contributed by atoms with Gasteiger partial charge in [0.1, 0.15) is 11.4 Å². The van der Waals surface area contributed by atoms with Crippen molar-refractivity contribution in [2.24, 2.45) is 0 Å². The molecule has 0 radical (unpaired) electrons. The second-order valence-electron chi connectivity index (χ2n) is 5.74. The number of anilines is 1. The van der Waals surface area contributed by atoms with Crippen LogP contribution in [0, 0.1) is 12.7 Å². The average molecular weight is 330 g/mol. The molecule has 24 heavy (non-hydrogen) atoms. The van der Waals surface area contributed by atoms with Gasteiger partial charge in [-0.05, 0) is 43.2 Å². The maximum atomic E-state index is 13.0. The summed E-state index contributed by atoms with van der Waals surface area (Å²) in [6, 6.07) is 12.7. The molecule has 5 nitrogen and oxygen atoms in total. The molecule has 0 aromatic heterocycles. The van der Waals surface area contributed by atoms with Crippen LogP contribution in [0.25, 0.3) is 0 Å². The number of carbonyl (C=O) groups excluding carboxylic acids is 2. The molecule has 6 heteroatoms. The van der Waals surface area contributed by atoms with E-state index in [2.05, 4.69) is 10.6 Å². The van der Waals surface area contributed by atoms with E-state index in [0.29, 0.717) is 16.8 Å². The van der Waals surface area contributed by atoms with Gasteiger partial charge in [0.2, 0.25) is 0 Å². The lowest BCUT2D eigenvalue weighted by atomic mass is 9.96. The van der Waals surface area contributed by atoms with Gasteiger partial charge in [0.15, 0.2) is 0 Å². The summed E-state index contributed by atoms with van der Waals surface area (Å²) in [7, 11) is 0. The van der Waals surface area contributed by atoms with Crippen LogP contribution in [0.3, 0.4) is 0 Å². The highest BCUT2D eigenvalue weighted by molar-refractivity contribution is 6.39. The molecular weight excluding hydrogens is 311 g/mol. The smallest absolute Gasteiger partial charge is 0.313 e. The van der Waals surface area contributed by atoms with Crippen molar-refractivity contribution in [3.05, 3.63) is 65.5 Å². The number of aryl methyl sites for hydroxylation is 1. The zero-order chi connectivity index (χ0) is 17.7. The summed E-state index contributed by atoms with van der Waals surface area (Å²) >= 11 is 0. The molecule has 1 atom stereocenters. The normalized spacial score (nSPS) is 13.0. The summed E-state index contributed by atoms with van der Waals surface area (Å²) in [5.74, 6) is -2.18. The van der Waals surface area contributed by atoms with Crippen LogP contribution in [-0.4, -0.2) is 23.5 Å². The first-order valence-electron chi connectivity index (χ1n) is 7.43. The Bertz CT molecular complexity index is 745. The van der Waals surface area contributed by atoms with Gasteiger partial charge in [-0.2, -0.15) is 0 Å². The van der Waals surface area contributed by atoms with Crippen molar-refractivity contribution in [3.8, 4) is 0 Å². The van der Waals surface area contributed by atoms with Crippen molar-refractivity contribution in [2.45, 2.75) is 19.4 Å². The minimum absolute atomic E-state index is 0.119. The van der Waals surface area contributed by atoms with E-state index < -0.39 is 23.2 Å². The van der Waals surface area contributed by atoms with Gasteiger partial charge in [-0.1, -0.05) is 30.3 Å². The number of hydrogen-bond acceptors (Lipinski definition) is 3. The molecule has 0 bridgehead atoms. The molecule has 0 fully saturated rings. The van der Waals surface area contributed by atoms with Crippen LogP contribution >= 0.6 is 0 Å². The highest BCUT2D eigenvalue weighted by Crippen LogP contribution is 2.19. The molecule has 0 aliphatic heterocycles. The maximum absolute atomic E-state index is 13.0. The van der Waals surface area contributed by atoms with Crippen molar-refractivity contribution in [1.29, 1.82) is 0 Å². The molecule has 0 spiro atoms. The zero-order valence-corrected chi connectivity index (χ0v) is 13.5. The fraction of sp³-hybridized carbons (Fsp3) is 0.222. The van der Waals surface area contributed by atoms with Crippen molar-refractivity contribution in [3.63, 3.8) is 0 Å². The van der Waals surface area contributed by atoms with Gasteiger partial charge in [0.25, 0.3) is 0 Å². The van der Waals surface area contributed by atoms with Crippen LogP contribution in [0.1, 0.15) is 18.1 Å². The van der Waals surface area contributed by atoms with Gasteiger partial charge >= 0.3 is 11.8 Å². The number of aliphatic hydroxyl groups is 1. The topological polar surface area (TPSA) is 78.4 Å². The minimum Gasteiger partial charge on any atom is -0.384 e. The van der Waals surface area contributed by atoms with Crippen LogP contribution in [0.5, 0.6) is 0 Å². The molecule has 2 aromatic rings. The van der Waals surface area contributed by atoms with E-state index in [-0.39, 0.29) is 6.54 Å². The Kier molecular flexibility index (Phi) is 5.31. The fourth-order valence-electron chi connectivity index (χ4n) is 2.18. The van der Waals surface area contributed by atoms with Gasteiger partial charge < -0.3 is 15.7 Å². The Morgan fingerprint density at radius 1 is 1.12 bits per heavy atom. The third-order valence-electron chi connectivity index (χ3n) is 3.63. The second kappa shape index (κ2) is 7.23. The number of carbonyl (C=O) groups is 2. The minimum atomic E-state index is -1.30. The van der Waals surface area contributed by atoms with E-state index in [1.807, 2.05) is 6.07 Å². The van der Waals surface area contributed by atoms with Crippen LogP contribution in [-0.2, 0) is 15.2 Å². The number of rotatable bonds is 4. The third-order valence-corrected chi connectivity index (χ3v) is 3.63. The van der Waals surface area contributed by atoms with E-state index in [9.17, 15) is 19.1 Å². The molecule has 126 valence electrons. The number of hydrogen-bond donors (Lipinski definition) is 3. The lowest BCUT2D eigenvalue weighted by Gasteiger charge is -2.24. The Balaban J connectivity index is 1.95. The number of halogens is 1. The van der Waals surface area contributed by atoms with E-state index in [0.717, 1.165) is 0 Å². The largest absolute Gasteiger partial charge is 0.384 e. The molecule has 2 aromatic carbocycles. The van der Waals surface area contributed by atoms with Crippen LogP contribution in [0.15, 0.2) is 48.5 Å². The first-order valence-corrected chi connectivity index (χ1v) is 7.43. The van der Waals surface area contributed by atoms with E-state index in [4.69, 9.17) is 0 Å². The predicted octanol–water partition coefficient (Wildman–Crippen LogP) is 2.10. The highest BCUT2D eigenvalue weighted by atomic mass is 19.1. The number of nitrogens with one attached hydrogen (secondary N) is 2. The molecule has 0 aliphatic carbocycles. The zero-order valence-electron chi connectivity index (χ0n) is 13.5. The van der Waals surface area contributed by atoms with Crippen LogP contribution in [0.2, 0.25) is 0 Å². The quantitative estimate of drug-likeness (QED) is 0.751. The first-order chi connectivity index (χ1) is 11.3. The molecule has 0 saturated carbocycles. The lowest BCUT2D eigenvalue weighted by Crippen LogP contribution is -2.43. The van der Waals surface area contributed by atoms with Crippen LogP contribution < -0.4 is 10.6 Å². The maximum Gasteiger partial charge on any atom is 0.313 e. The fourth-order valence-corrected chi connectivity index (χ4v) is 2.18. The van der Waals surface area contributed by atoms with Crippen molar-refractivity contribution in [2.75, 3.05) is 11.9 Å². The van der Waals surface area contributed by atoms with E-state index in [1.54, 1.807) is 38.1 Å². The van der Waals surface area contributed by atoms with E-state index in [1.165, 1.54) is 18.2 Å². The highest BCUT2D eigenvalue weighted by Gasteiger charge is 2.25. The molecule has 0 aliphatic rings. The molecular formula is C18H19FN2O3. The predicted molar refractivity (Wildman–Crippen MR) is 88.8 cm³/mol. The lowest BCUT2D eigenvalue weighted by molar-refractivity contribution is -0.136. The van der Waals surface area contributed by atoms with Gasteiger partial charge in [-0.25, -0.2) is 4.39 Å². The number of benzene rings is 2. The van der Waals surface area contributed by atoms with E-state index >= 15 is 0 Å². The molecule has 2 amide bonds. The van der Waals surface area contributed by atoms with Gasteiger partial charge in [0.05, 0.1) is 6.54 Å². The van der Waals surface area contributed by atoms with Gasteiger partial charge in [0, 0.05) is 5.69 Å². The molecule has 2 rings (SSSR count).